The van der Waals surface area contributed by atoms with Crippen molar-refractivity contribution in [3.63, 3.8) is 0 Å². The second-order valence-corrected chi connectivity index (χ2v) is 7.90. The molecule has 1 unspecified atom stereocenters. The quantitative estimate of drug-likeness (QED) is 0.483. The zero-order chi connectivity index (χ0) is 20.2. The number of nitrogens with one attached hydrogen (secondary N) is 1. The first-order chi connectivity index (χ1) is 14.1. The molecule has 0 bridgehead atoms. The van der Waals surface area contributed by atoms with Crippen LogP contribution in [0.1, 0.15) is 48.7 Å². The Morgan fingerprint density at radius 2 is 1.76 bits per heavy atom. The molecule has 5 nitrogen and oxygen atoms in total. The molecule has 1 aliphatic rings. The van der Waals surface area contributed by atoms with Crippen LogP contribution in [0.15, 0.2) is 66.9 Å². The standard InChI is InChI=1S/C24H29N3O2/c25-24(29)22-13-10-20(16-23(22)26-18-8-11-21(28)12-9-18)27-14-4-7-19(27)15-17-5-2-1-3-6-17/h1-7,10,13-14,16,18,21,24,26,28-29H,8-9,11-12,15,25H2. The van der Waals surface area contributed by atoms with Crippen molar-refractivity contribution in [2.75, 3.05) is 5.32 Å². The lowest BCUT2D eigenvalue weighted by molar-refractivity contribution is 0.126. The summed E-state index contributed by atoms with van der Waals surface area (Å²) >= 11 is 0. The first kappa shape index (κ1) is 19.7. The highest BCUT2D eigenvalue weighted by Crippen LogP contribution is 2.29. The zero-order valence-corrected chi connectivity index (χ0v) is 16.5. The van der Waals surface area contributed by atoms with Gasteiger partial charge in [-0.05, 0) is 55.5 Å². The Labute approximate surface area is 171 Å². The zero-order valence-electron chi connectivity index (χ0n) is 16.5. The van der Waals surface area contributed by atoms with Gasteiger partial charge in [-0.15, -0.1) is 0 Å². The summed E-state index contributed by atoms with van der Waals surface area (Å²) in [6.07, 6.45) is 5.11. The normalized spacial score (nSPS) is 20.4. The van der Waals surface area contributed by atoms with Gasteiger partial charge in [-0.2, -0.15) is 0 Å². The molecule has 1 heterocycles. The molecule has 1 aliphatic carbocycles. The minimum absolute atomic E-state index is 0.195. The largest absolute Gasteiger partial charge is 0.393 e. The summed E-state index contributed by atoms with van der Waals surface area (Å²) in [6, 6.07) is 20.8. The van der Waals surface area contributed by atoms with Gasteiger partial charge < -0.3 is 25.8 Å². The van der Waals surface area contributed by atoms with Crippen LogP contribution >= 0.6 is 0 Å². The third-order valence-electron chi connectivity index (χ3n) is 5.75. The maximum atomic E-state index is 10.0. The summed E-state index contributed by atoms with van der Waals surface area (Å²) in [7, 11) is 0. The van der Waals surface area contributed by atoms with Gasteiger partial charge in [-0.1, -0.05) is 36.4 Å². The van der Waals surface area contributed by atoms with Crippen LogP contribution in [0.2, 0.25) is 0 Å². The number of hydrogen-bond donors (Lipinski definition) is 4. The van der Waals surface area contributed by atoms with Gasteiger partial charge in [0, 0.05) is 41.3 Å². The Morgan fingerprint density at radius 3 is 2.48 bits per heavy atom. The molecule has 0 amide bonds. The van der Waals surface area contributed by atoms with Gasteiger partial charge in [-0.25, -0.2) is 0 Å². The van der Waals surface area contributed by atoms with Crippen LogP contribution in [0.4, 0.5) is 5.69 Å². The molecule has 1 aromatic heterocycles. The molecule has 0 spiro atoms. The van der Waals surface area contributed by atoms with Crippen LogP contribution in [-0.2, 0) is 6.42 Å². The monoisotopic (exact) mass is 391 g/mol. The molecule has 1 fully saturated rings. The number of nitrogens with two attached hydrogens (primary N) is 1. The molecule has 1 atom stereocenters. The maximum absolute atomic E-state index is 10.0. The highest BCUT2D eigenvalue weighted by Gasteiger charge is 2.21. The number of hydrogen-bond acceptors (Lipinski definition) is 4. The van der Waals surface area contributed by atoms with Gasteiger partial charge in [0.15, 0.2) is 0 Å². The Hall–Kier alpha value is -2.60. The lowest BCUT2D eigenvalue weighted by Crippen LogP contribution is -2.29. The van der Waals surface area contributed by atoms with Crippen LogP contribution in [0, 0.1) is 0 Å². The Kier molecular flexibility index (Phi) is 6.00. The molecular weight excluding hydrogens is 362 g/mol. The second-order valence-electron chi connectivity index (χ2n) is 7.90. The molecule has 2 aromatic carbocycles. The smallest absolute Gasteiger partial charge is 0.130 e. The minimum atomic E-state index is -1.03. The summed E-state index contributed by atoms with van der Waals surface area (Å²) in [5.74, 6) is 0. The molecule has 0 aliphatic heterocycles. The van der Waals surface area contributed by atoms with Gasteiger partial charge in [0.05, 0.1) is 6.10 Å². The highest BCUT2D eigenvalue weighted by atomic mass is 16.3. The summed E-state index contributed by atoms with van der Waals surface area (Å²) in [4.78, 5) is 0. The van der Waals surface area contributed by atoms with E-state index in [0.717, 1.165) is 43.5 Å². The molecule has 1 saturated carbocycles. The van der Waals surface area contributed by atoms with E-state index >= 15 is 0 Å². The van der Waals surface area contributed by atoms with E-state index in [0.29, 0.717) is 5.56 Å². The summed E-state index contributed by atoms with van der Waals surface area (Å²) < 4.78 is 2.18. The molecule has 3 aromatic rings. The molecule has 0 saturated heterocycles. The minimum Gasteiger partial charge on any atom is -0.393 e. The first-order valence-electron chi connectivity index (χ1n) is 10.3. The van der Waals surface area contributed by atoms with Crippen molar-refractivity contribution >= 4 is 5.69 Å². The van der Waals surface area contributed by atoms with E-state index in [4.69, 9.17) is 5.73 Å². The number of aromatic nitrogens is 1. The predicted octanol–water partition coefficient (Wildman–Crippen LogP) is 3.73. The van der Waals surface area contributed by atoms with Crippen LogP contribution in [0.25, 0.3) is 5.69 Å². The Morgan fingerprint density at radius 1 is 1.00 bits per heavy atom. The first-order valence-corrected chi connectivity index (χ1v) is 10.3. The second kappa shape index (κ2) is 8.82. The van der Waals surface area contributed by atoms with E-state index in [1.807, 2.05) is 18.2 Å². The van der Waals surface area contributed by atoms with Crippen molar-refractivity contribution < 1.29 is 10.2 Å². The van der Waals surface area contributed by atoms with E-state index in [1.54, 1.807) is 0 Å². The third kappa shape index (κ3) is 4.70. The van der Waals surface area contributed by atoms with Crippen LogP contribution in [0.5, 0.6) is 0 Å². The van der Waals surface area contributed by atoms with E-state index in [1.165, 1.54) is 11.3 Å². The fourth-order valence-electron chi connectivity index (χ4n) is 4.13. The average molecular weight is 392 g/mol. The van der Waals surface area contributed by atoms with E-state index in [9.17, 15) is 10.2 Å². The molecule has 29 heavy (non-hydrogen) atoms. The fourth-order valence-corrected chi connectivity index (χ4v) is 4.13. The van der Waals surface area contributed by atoms with Gasteiger partial charge >= 0.3 is 0 Å². The molecule has 152 valence electrons. The lowest BCUT2D eigenvalue weighted by Gasteiger charge is -2.28. The number of anilines is 1. The van der Waals surface area contributed by atoms with E-state index in [-0.39, 0.29) is 12.1 Å². The molecule has 4 rings (SSSR count). The summed E-state index contributed by atoms with van der Waals surface area (Å²) in [5.41, 5.74) is 10.9. The predicted molar refractivity (Wildman–Crippen MR) is 116 cm³/mol. The van der Waals surface area contributed by atoms with Gasteiger partial charge in [0.2, 0.25) is 0 Å². The molecule has 5 N–H and O–H groups in total. The molecule has 5 heteroatoms. The third-order valence-corrected chi connectivity index (χ3v) is 5.75. The van der Waals surface area contributed by atoms with Gasteiger partial charge in [-0.3, -0.25) is 0 Å². The van der Waals surface area contributed by atoms with Crippen LogP contribution in [-0.4, -0.2) is 26.9 Å². The lowest BCUT2D eigenvalue weighted by atomic mass is 9.92. The Bertz CT molecular complexity index is 928. The van der Waals surface area contributed by atoms with Crippen LogP contribution in [0.3, 0.4) is 0 Å². The molecular formula is C24H29N3O2. The van der Waals surface area contributed by atoms with Crippen molar-refractivity contribution in [3.05, 3.63) is 83.7 Å². The summed E-state index contributed by atoms with van der Waals surface area (Å²) in [5, 5.41) is 23.4. The number of nitrogens with zero attached hydrogens (tertiary/aromatic N) is 1. The Balaban J connectivity index is 1.61. The van der Waals surface area contributed by atoms with Crippen molar-refractivity contribution in [2.45, 2.75) is 50.5 Å². The number of benzene rings is 2. The molecule has 0 radical (unpaired) electrons. The SMILES string of the molecule is NC(O)c1ccc(-n2cccc2Cc2ccccc2)cc1NC1CCC(O)CC1. The number of rotatable bonds is 6. The fraction of sp³-hybridized carbons (Fsp3) is 0.333. The van der Waals surface area contributed by atoms with Gasteiger partial charge in [0.25, 0.3) is 0 Å². The van der Waals surface area contributed by atoms with Gasteiger partial charge in [0.1, 0.15) is 6.23 Å². The topological polar surface area (TPSA) is 83.4 Å². The van der Waals surface area contributed by atoms with E-state index < -0.39 is 6.23 Å². The maximum Gasteiger partial charge on any atom is 0.130 e. The van der Waals surface area contributed by atoms with Crippen molar-refractivity contribution in [1.82, 2.24) is 4.57 Å². The van der Waals surface area contributed by atoms with Crippen LogP contribution < -0.4 is 11.1 Å². The number of aliphatic hydroxyl groups is 2. The van der Waals surface area contributed by atoms with Crippen molar-refractivity contribution in [2.24, 2.45) is 5.73 Å². The summed E-state index contributed by atoms with van der Waals surface area (Å²) in [6.45, 7) is 0. The highest BCUT2D eigenvalue weighted by molar-refractivity contribution is 5.59. The van der Waals surface area contributed by atoms with E-state index in [2.05, 4.69) is 58.5 Å². The number of aliphatic hydroxyl groups excluding tert-OH is 2. The van der Waals surface area contributed by atoms with Crippen molar-refractivity contribution in [3.8, 4) is 5.69 Å². The average Bonchev–Trinajstić information content (AvgIpc) is 3.18. The van der Waals surface area contributed by atoms with Crippen molar-refractivity contribution in [1.29, 1.82) is 0 Å².